The number of furan rings is 1. The molecule has 2 aromatic heterocycles. The molecule has 24 nitrogen and oxygen atoms in total. The van der Waals surface area contributed by atoms with Crippen molar-refractivity contribution < 1.29 is 84.3 Å². The van der Waals surface area contributed by atoms with Crippen LogP contribution in [0.5, 0.6) is 5.88 Å². The minimum absolute atomic E-state index is 0.00129. The van der Waals surface area contributed by atoms with E-state index in [9.17, 15) is 42.0 Å². The maximum atomic E-state index is 13.2. The molecule has 1 aliphatic rings. The highest BCUT2D eigenvalue weighted by molar-refractivity contribution is 7.89. The number of nitrogens with one attached hydrogen (secondary N) is 1. The first kappa shape index (κ1) is 52.5. The van der Waals surface area contributed by atoms with Gasteiger partial charge in [0, 0.05) is 25.6 Å². The van der Waals surface area contributed by atoms with Crippen molar-refractivity contribution in [1.82, 2.24) is 13.6 Å². The van der Waals surface area contributed by atoms with E-state index in [-0.39, 0.29) is 41.8 Å². The monoisotopic (exact) mass is 988 g/mol. The number of amides is 1. The quantitative estimate of drug-likeness (QED) is 0.107. The topological polar surface area (TPSA) is 311 Å². The summed E-state index contributed by atoms with van der Waals surface area (Å²) in [6.07, 6.45) is -3.08. The normalized spacial score (nSPS) is 14.2. The number of ether oxygens (including phenoxy) is 8. The largest absolute Gasteiger partial charge is 0.470 e. The Kier molecular flexibility index (Phi) is 19.0. The third-order valence-corrected chi connectivity index (χ3v) is 10.8. The van der Waals surface area contributed by atoms with Crippen LogP contribution in [0, 0.1) is 0 Å². The number of halogens is 1. The molecule has 66 heavy (non-hydrogen) atoms. The van der Waals surface area contributed by atoms with Crippen LogP contribution in [-0.2, 0) is 78.5 Å². The fourth-order valence-electron chi connectivity index (χ4n) is 5.67. The molecule has 0 bridgehead atoms. The summed E-state index contributed by atoms with van der Waals surface area (Å²) in [5.41, 5.74) is -1.24. The van der Waals surface area contributed by atoms with E-state index < -0.39 is 100 Å². The van der Waals surface area contributed by atoms with E-state index in [0.29, 0.717) is 37.9 Å². The third kappa shape index (κ3) is 16.1. The number of morpholine rings is 1. The SMILES string of the molecule is CC(=O)OCC(=O)N(C[C@@H](COc1nsnc1N1CCOCC1)OC(=O)COC(=O)[C@@H](C)OC(=O)[C@@H](C)OC(=O)COC(=O)c1cc(S(N)(=O)=O)c(Cl)cc1NCc1ccco1)C(C)(C)C. The summed E-state index contributed by atoms with van der Waals surface area (Å²) in [4.78, 5) is 91.4. The third-order valence-electron chi connectivity index (χ3n) is 8.90. The molecular formula is C39H49ClN6O18S2. The number of nitrogens with zero attached hydrogens (tertiary/aromatic N) is 4. The smallest absolute Gasteiger partial charge is 0.347 e. The molecule has 1 saturated heterocycles. The number of hydrogen-bond acceptors (Lipinski definition) is 23. The van der Waals surface area contributed by atoms with Crippen LogP contribution in [0.2, 0.25) is 5.02 Å². The fraction of sp³-hybridized carbons (Fsp3) is 0.513. The van der Waals surface area contributed by atoms with Gasteiger partial charge in [0.05, 0.1) is 60.6 Å². The summed E-state index contributed by atoms with van der Waals surface area (Å²) in [7, 11) is -4.40. The lowest BCUT2D eigenvalue weighted by Gasteiger charge is -2.37. The number of hydrogen-bond donors (Lipinski definition) is 2. The highest BCUT2D eigenvalue weighted by Gasteiger charge is 2.33. The summed E-state index contributed by atoms with van der Waals surface area (Å²) in [5.74, 6) is -6.21. The van der Waals surface area contributed by atoms with Crippen LogP contribution >= 0.6 is 23.3 Å². The maximum Gasteiger partial charge on any atom is 0.347 e. The number of anilines is 2. The molecule has 0 aliphatic carbocycles. The van der Waals surface area contributed by atoms with Gasteiger partial charge < -0.3 is 57.4 Å². The number of carbonyl (C=O) groups is 7. The lowest BCUT2D eigenvalue weighted by Crippen LogP contribution is -2.52. The van der Waals surface area contributed by atoms with Crippen molar-refractivity contribution in [2.75, 3.05) is 69.5 Å². The van der Waals surface area contributed by atoms with Gasteiger partial charge in [-0.15, -0.1) is 4.37 Å². The van der Waals surface area contributed by atoms with Crippen molar-refractivity contribution in [3.8, 4) is 5.88 Å². The Bertz CT molecular complexity index is 2310. The average molecular weight is 989 g/mol. The molecule has 1 aliphatic heterocycles. The molecule has 3 N–H and O–H groups in total. The molecule has 3 atom stereocenters. The van der Waals surface area contributed by atoms with Crippen molar-refractivity contribution >= 4 is 86.6 Å². The Hall–Kier alpha value is -6.09. The van der Waals surface area contributed by atoms with Crippen LogP contribution in [0.25, 0.3) is 0 Å². The predicted molar refractivity (Wildman–Crippen MR) is 228 cm³/mol. The second-order valence-corrected chi connectivity index (χ2v) is 17.5. The molecule has 0 spiro atoms. The molecule has 27 heteroatoms. The highest BCUT2D eigenvalue weighted by Crippen LogP contribution is 2.30. The average Bonchev–Trinajstić information content (AvgIpc) is 3.96. The lowest BCUT2D eigenvalue weighted by molar-refractivity contribution is -0.180. The number of primary sulfonamides is 1. The number of rotatable bonds is 22. The molecule has 1 fully saturated rings. The first-order valence-electron chi connectivity index (χ1n) is 19.8. The second kappa shape index (κ2) is 23.9. The number of aromatic nitrogens is 2. The van der Waals surface area contributed by atoms with Crippen molar-refractivity contribution in [3.05, 3.63) is 46.9 Å². The Labute approximate surface area is 387 Å². The number of nitrogens with two attached hydrogens (primary N) is 1. The van der Waals surface area contributed by atoms with Gasteiger partial charge in [0.1, 0.15) is 17.3 Å². The Balaban J connectivity index is 1.31. The Morgan fingerprint density at radius 1 is 0.939 bits per heavy atom. The molecule has 1 amide bonds. The van der Waals surface area contributed by atoms with Crippen molar-refractivity contribution in [1.29, 1.82) is 0 Å². The summed E-state index contributed by atoms with van der Waals surface area (Å²) < 4.78 is 79.7. The second-order valence-electron chi connectivity index (χ2n) is 15.1. The zero-order chi connectivity index (χ0) is 48.8. The van der Waals surface area contributed by atoms with E-state index in [1.807, 2.05) is 4.90 Å². The van der Waals surface area contributed by atoms with Gasteiger partial charge in [-0.2, -0.15) is 4.37 Å². The van der Waals surface area contributed by atoms with Crippen molar-refractivity contribution in [3.63, 3.8) is 0 Å². The number of esters is 6. The number of benzene rings is 1. The zero-order valence-corrected chi connectivity index (χ0v) is 39.0. The highest BCUT2D eigenvalue weighted by atomic mass is 35.5. The van der Waals surface area contributed by atoms with Gasteiger partial charge in [-0.05, 0) is 58.9 Å². The van der Waals surface area contributed by atoms with Gasteiger partial charge in [0.15, 0.2) is 38.1 Å². The van der Waals surface area contributed by atoms with E-state index in [1.165, 1.54) is 11.2 Å². The molecule has 362 valence electrons. The standard InChI is InChI=1S/C39H49ClN6O18S2/c1-22(63-37(52)23(2)62-32(49)20-61-38(53)27-14-30(66(41,54)55)28(40)15-29(27)42-16-25-8-7-11-57-25)36(51)60-21-33(50)64-26(17-46(39(4,5)6)31(48)19-58-24(3)47)18-59-35-34(43-65-44-35)45-9-12-56-13-10-45/h7-8,11,14-15,22-23,26,42H,9-10,12-13,16-21H2,1-6H3,(H2,41,54,55)/t22-,23-,26+/m1/s1. The van der Waals surface area contributed by atoms with E-state index in [4.69, 9.17) is 59.1 Å². The van der Waals surface area contributed by atoms with Crippen LogP contribution < -0.4 is 20.1 Å². The molecule has 1 aromatic carbocycles. The van der Waals surface area contributed by atoms with Crippen molar-refractivity contribution in [2.24, 2.45) is 5.14 Å². The first-order chi connectivity index (χ1) is 31.0. The van der Waals surface area contributed by atoms with E-state index >= 15 is 0 Å². The molecule has 3 aromatic rings. The summed E-state index contributed by atoms with van der Waals surface area (Å²) in [6, 6.07) is 5.21. The lowest BCUT2D eigenvalue weighted by atomic mass is 10.1. The van der Waals surface area contributed by atoms with Gasteiger partial charge in [0.2, 0.25) is 15.8 Å². The fourth-order valence-corrected chi connectivity index (χ4v) is 7.29. The first-order valence-corrected chi connectivity index (χ1v) is 22.5. The van der Waals surface area contributed by atoms with Gasteiger partial charge in [-0.25, -0.2) is 37.5 Å². The van der Waals surface area contributed by atoms with E-state index in [2.05, 4.69) is 14.1 Å². The van der Waals surface area contributed by atoms with Crippen LogP contribution in [-0.4, -0.2) is 147 Å². The van der Waals surface area contributed by atoms with Crippen LogP contribution in [0.1, 0.15) is 57.7 Å². The minimum atomic E-state index is -4.40. The van der Waals surface area contributed by atoms with Crippen molar-refractivity contribution in [2.45, 2.75) is 76.8 Å². The van der Waals surface area contributed by atoms with Crippen LogP contribution in [0.3, 0.4) is 0 Å². The molecular weight excluding hydrogens is 940 g/mol. The van der Waals surface area contributed by atoms with Gasteiger partial charge in [0.25, 0.3) is 11.8 Å². The van der Waals surface area contributed by atoms with Gasteiger partial charge in [-0.1, -0.05) is 11.6 Å². The number of sulfonamides is 1. The maximum absolute atomic E-state index is 13.2. The number of carbonyl (C=O) groups excluding carboxylic acids is 7. The Morgan fingerprint density at radius 2 is 1.61 bits per heavy atom. The van der Waals surface area contributed by atoms with Crippen LogP contribution in [0.4, 0.5) is 11.5 Å². The van der Waals surface area contributed by atoms with Gasteiger partial charge in [-0.3, -0.25) is 9.59 Å². The predicted octanol–water partition coefficient (Wildman–Crippen LogP) is 1.63. The molecule has 0 unspecified atom stereocenters. The zero-order valence-electron chi connectivity index (χ0n) is 36.6. The summed E-state index contributed by atoms with van der Waals surface area (Å²) in [5, 5.41) is 7.77. The van der Waals surface area contributed by atoms with E-state index in [0.717, 1.165) is 44.6 Å². The molecule has 4 rings (SSSR count). The molecule has 0 saturated carbocycles. The molecule has 0 radical (unpaired) electrons. The summed E-state index contributed by atoms with van der Waals surface area (Å²) in [6.45, 7) is 7.25. The van der Waals surface area contributed by atoms with Gasteiger partial charge >= 0.3 is 35.8 Å². The Morgan fingerprint density at radius 3 is 2.24 bits per heavy atom. The van der Waals surface area contributed by atoms with Crippen LogP contribution in [0.15, 0.2) is 39.8 Å². The minimum Gasteiger partial charge on any atom is -0.470 e. The molecule has 3 heterocycles. The summed E-state index contributed by atoms with van der Waals surface area (Å²) >= 11 is 6.99. The van der Waals surface area contributed by atoms with E-state index in [1.54, 1.807) is 32.9 Å².